The first-order chi connectivity index (χ1) is 14.7. The summed E-state index contributed by atoms with van der Waals surface area (Å²) in [6.07, 6.45) is 9.30. The molecule has 2 aliphatic rings. The number of anilines is 1. The van der Waals surface area contributed by atoms with Crippen LogP contribution in [0.25, 0.3) is 0 Å². The van der Waals surface area contributed by atoms with E-state index >= 15 is 0 Å². The summed E-state index contributed by atoms with van der Waals surface area (Å²) in [5.74, 6) is 1.54. The summed E-state index contributed by atoms with van der Waals surface area (Å²) in [5, 5.41) is 6.78. The minimum atomic E-state index is -0.283. The lowest BCUT2D eigenvalue weighted by molar-refractivity contribution is 0.201. The third kappa shape index (κ3) is 5.17. The molecule has 3 heterocycles. The fourth-order valence-electron chi connectivity index (χ4n) is 4.06. The molecule has 2 N–H and O–H groups in total. The van der Waals surface area contributed by atoms with Gasteiger partial charge in [-0.2, -0.15) is 0 Å². The van der Waals surface area contributed by atoms with Gasteiger partial charge in [0, 0.05) is 51.2 Å². The van der Waals surface area contributed by atoms with Crippen molar-refractivity contribution in [1.82, 2.24) is 20.6 Å². The number of rotatable bonds is 6. The van der Waals surface area contributed by atoms with Gasteiger partial charge in [0.05, 0.1) is 0 Å². The van der Waals surface area contributed by atoms with Gasteiger partial charge in [-0.25, -0.2) is 14.4 Å². The fourth-order valence-corrected chi connectivity index (χ4v) is 4.06. The maximum absolute atomic E-state index is 14.0. The molecule has 0 spiro atoms. The van der Waals surface area contributed by atoms with Gasteiger partial charge in [-0.1, -0.05) is 0 Å². The third-order valence-corrected chi connectivity index (χ3v) is 5.64. The summed E-state index contributed by atoms with van der Waals surface area (Å²) in [7, 11) is 1.75. The van der Waals surface area contributed by atoms with E-state index in [1.807, 2.05) is 17.0 Å². The minimum absolute atomic E-state index is 0.177. The lowest BCUT2D eigenvalue weighted by Gasteiger charge is -2.20. The summed E-state index contributed by atoms with van der Waals surface area (Å²) in [6, 6.07) is 7.20. The summed E-state index contributed by atoms with van der Waals surface area (Å²) in [6.45, 7) is 2.06. The Kier molecular flexibility index (Phi) is 6.61. The number of nitrogens with one attached hydrogen (secondary N) is 2. The van der Waals surface area contributed by atoms with Crippen LogP contribution in [0.1, 0.15) is 37.7 Å². The normalized spacial score (nSPS) is 19.9. The van der Waals surface area contributed by atoms with Crippen LogP contribution < -0.4 is 20.3 Å². The molecular formula is C22H29FN6O. The van der Waals surface area contributed by atoms with Crippen LogP contribution in [0, 0.1) is 5.82 Å². The van der Waals surface area contributed by atoms with Gasteiger partial charge in [-0.05, 0) is 55.9 Å². The van der Waals surface area contributed by atoms with Crippen molar-refractivity contribution in [3.8, 4) is 5.88 Å². The Labute approximate surface area is 176 Å². The van der Waals surface area contributed by atoms with E-state index in [2.05, 4.69) is 25.6 Å². The van der Waals surface area contributed by atoms with Crippen LogP contribution in [0.3, 0.4) is 0 Å². The predicted octanol–water partition coefficient (Wildman–Crippen LogP) is 2.88. The Morgan fingerprint density at radius 2 is 2.10 bits per heavy atom. The SMILES string of the molecule is CN=C(NCc1ccnc(OC2CCCC2)c1)NC1CCN(c2ncccc2F)C1. The molecule has 8 heteroatoms. The van der Waals surface area contributed by atoms with Crippen LogP contribution in [-0.2, 0) is 6.54 Å². The van der Waals surface area contributed by atoms with Gasteiger partial charge in [0.25, 0.3) is 0 Å². The number of aromatic nitrogens is 2. The Bertz CT molecular complexity index is 870. The molecule has 160 valence electrons. The number of nitrogens with zero attached hydrogens (tertiary/aromatic N) is 4. The second kappa shape index (κ2) is 9.73. The molecule has 1 aliphatic carbocycles. The molecule has 0 aromatic carbocycles. The first-order valence-electron chi connectivity index (χ1n) is 10.7. The van der Waals surface area contributed by atoms with Gasteiger partial charge in [0.15, 0.2) is 17.6 Å². The monoisotopic (exact) mass is 412 g/mol. The Morgan fingerprint density at radius 1 is 1.23 bits per heavy atom. The predicted molar refractivity (Wildman–Crippen MR) is 115 cm³/mol. The van der Waals surface area contributed by atoms with E-state index in [9.17, 15) is 4.39 Å². The second-order valence-electron chi connectivity index (χ2n) is 7.84. The number of halogens is 1. The summed E-state index contributed by atoms with van der Waals surface area (Å²) in [5.41, 5.74) is 1.09. The largest absolute Gasteiger partial charge is 0.474 e. The van der Waals surface area contributed by atoms with E-state index in [0.29, 0.717) is 30.9 Å². The number of hydrogen-bond acceptors (Lipinski definition) is 5. The van der Waals surface area contributed by atoms with Gasteiger partial charge >= 0.3 is 0 Å². The maximum atomic E-state index is 14.0. The number of guanidine groups is 1. The van der Waals surface area contributed by atoms with Crippen molar-refractivity contribution in [3.05, 3.63) is 48.0 Å². The van der Waals surface area contributed by atoms with Crippen molar-refractivity contribution in [2.24, 2.45) is 4.99 Å². The Hall–Kier alpha value is -2.90. The molecule has 2 aromatic rings. The lowest BCUT2D eigenvalue weighted by atomic mass is 10.2. The molecular weight excluding hydrogens is 383 g/mol. The number of pyridine rings is 2. The van der Waals surface area contributed by atoms with E-state index in [4.69, 9.17) is 4.74 Å². The highest BCUT2D eigenvalue weighted by atomic mass is 19.1. The number of hydrogen-bond donors (Lipinski definition) is 2. The molecule has 1 saturated heterocycles. The van der Waals surface area contributed by atoms with Crippen LogP contribution in [0.15, 0.2) is 41.7 Å². The summed E-state index contributed by atoms with van der Waals surface area (Å²) >= 11 is 0. The van der Waals surface area contributed by atoms with Crippen molar-refractivity contribution in [3.63, 3.8) is 0 Å². The highest BCUT2D eigenvalue weighted by Crippen LogP contribution is 2.23. The van der Waals surface area contributed by atoms with Crippen molar-refractivity contribution >= 4 is 11.8 Å². The fraction of sp³-hybridized carbons (Fsp3) is 0.500. The smallest absolute Gasteiger partial charge is 0.213 e. The van der Waals surface area contributed by atoms with E-state index < -0.39 is 0 Å². The van der Waals surface area contributed by atoms with Crippen LogP contribution in [0.5, 0.6) is 5.88 Å². The summed E-state index contributed by atoms with van der Waals surface area (Å²) < 4.78 is 20.0. The van der Waals surface area contributed by atoms with Crippen LogP contribution in [0.2, 0.25) is 0 Å². The van der Waals surface area contributed by atoms with Crippen molar-refractivity contribution in [1.29, 1.82) is 0 Å². The zero-order valence-electron chi connectivity index (χ0n) is 17.4. The van der Waals surface area contributed by atoms with E-state index in [1.54, 1.807) is 25.5 Å². The lowest BCUT2D eigenvalue weighted by Crippen LogP contribution is -2.44. The zero-order chi connectivity index (χ0) is 20.8. The average Bonchev–Trinajstić information content (AvgIpc) is 3.44. The molecule has 1 aliphatic heterocycles. The quantitative estimate of drug-likeness (QED) is 0.561. The van der Waals surface area contributed by atoms with Crippen LogP contribution in [0.4, 0.5) is 10.2 Å². The summed E-state index contributed by atoms with van der Waals surface area (Å²) in [4.78, 5) is 14.8. The molecule has 2 aromatic heterocycles. The molecule has 7 nitrogen and oxygen atoms in total. The van der Waals surface area contributed by atoms with Gasteiger partial charge in [0.2, 0.25) is 5.88 Å². The van der Waals surface area contributed by atoms with Gasteiger partial charge < -0.3 is 20.3 Å². The highest BCUT2D eigenvalue weighted by molar-refractivity contribution is 5.80. The molecule has 0 radical (unpaired) electrons. The minimum Gasteiger partial charge on any atom is -0.474 e. The molecule has 0 bridgehead atoms. The molecule has 0 amide bonds. The average molecular weight is 413 g/mol. The molecule has 4 rings (SSSR count). The molecule has 30 heavy (non-hydrogen) atoms. The standard InChI is InChI=1S/C22H29FN6O/c1-24-22(28-17-9-12-29(15-17)21-19(23)7-4-10-26-21)27-14-16-8-11-25-20(13-16)30-18-5-2-3-6-18/h4,7-8,10-11,13,17-18H,2-3,5-6,9,12,14-15H2,1H3,(H2,24,27,28). The maximum Gasteiger partial charge on any atom is 0.213 e. The van der Waals surface area contributed by atoms with Crippen molar-refractivity contribution < 1.29 is 9.13 Å². The van der Waals surface area contributed by atoms with Crippen molar-refractivity contribution in [2.75, 3.05) is 25.0 Å². The van der Waals surface area contributed by atoms with E-state index in [-0.39, 0.29) is 11.9 Å². The first-order valence-corrected chi connectivity index (χ1v) is 10.7. The van der Waals surface area contributed by atoms with Gasteiger partial charge in [0.1, 0.15) is 6.10 Å². The molecule has 1 saturated carbocycles. The van der Waals surface area contributed by atoms with Crippen LogP contribution in [-0.4, -0.2) is 48.2 Å². The van der Waals surface area contributed by atoms with Gasteiger partial charge in [-0.15, -0.1) is 0 Å². The van der Waals surface area contributed by atoms with Gasteiger partial charge in [-0.3, -0.25) is 4.99 Å². The Morgan fingerprint density at radius 3 is 2.90 bits per heavy atom. The second-order valence-corrected chi connectivity index (χ2v) is 7.84. The van der Waals surface area contributed by atoms with E-state index in [1.165, 1.54) is 18.9 Å². The molecule has 1 atom stereocenters. The topological polar surface area (TPSA) is 74.7 Å². The molecule has 1 unspecified atom stereocenters. The van der Waals surface area contributed by atoms with Crippen LogP contribution >= 0.6 is 0 Å². The number of ether oxygens (including phenoxy) is 1. The zero-order valence-corrected chi connectivity index (χ0v) is 17.4. The molecule has 2 fully saturated rings. The first kappa shape index (κ1) is 20.4. The Balaban J connectivity index is 1.28. The number of aliphatic imine (C=N–C) groups is 1. The third-order valence-electron chi connectivity index (χ3n) is 5.64. The highest BCUT2D eigenvalue weighted by Gasteiger charge is 2.26. The van der Waals surface area contributed by atoms with Crippen molar-refractivity contribution in [2.45, 2.75) is 50.8 Å². The van der Waals surface area contributed by atoms with E-state index in [0.717, 1.165) is 37.3 Å².